The Morgan fingerprint density at radius 3 is 1.71 bits per heavy atom. The number of nitrogens with two attached hydrogens (primary N) is 2. The molecular formula is C29H61N5. The minimum absolute atomic E-state index is 0.666. The molecule has 0 aliphatic rings. The van der Waals surface area contributed by atoms with Crippen LogP contribution in [0.1, 0.15) is 130 Å². The van der Waals surface area contributed by atoms with Gasteiger partial charge in [-0.2, -0.15) is 0 Å². The lowest BCUT2D eigenvalue weighted by atomic mass is 9.87. The molecule has 0 aliphatic heterocycles. The summed E-state index contributed by atoms with van der Waals surface area (Å²) in [6.07, 6.45) is 19.2. The highest BCUT2D eigenvalue weighted by Gasteiger charge is 2.19. The molecule has 0 heterocycles. The summed E-state index contributed by atoms with van der Waals surface area (Å²) in [5.74, 6) is 0.809. The van der Waals surface area contributed by atoms with Gasteiger partial charge in [-0.25, -0.2) is 0 Å². The number of hydrogen-bond acceptors (Lipinski definition) is 5. The molecule has 0 spiro atoms. The quantitative estimate of drug-likeness (QED) is 0.101. The van der Waals surface area contributed by atoms with Crippen LogP contribution in [0.5, 0.6) is 0 Å². The van der Waals surface area contributed by atoms with Gasteiger partial charge in [-0.3, -0.25) is 9.98 Å². The zero-order valence-electron chi connectivity index (χ0n) is 23.6. The summed E-state index contributed by atoms with van der Waals surface area (Å²) in [4.78, 5) is 9.94. The van der Waals surface area contributed by atoms with Gasteiger partial charge >= 0.3 is 0 Å². The van der Waals surface area contributed by atoms with Crippen molar-refractivity contribution in [3.63, 3.8) is 0 Å². The molecule has 0 rings (SSSR count). The lowest BCUT2D eigenvalue weighted by Crippen LogP contribution is -2.37. The van der Waals surface area contributed by atoms with Gasteiger partial charge in [0.05, 0.1) is 11.4 Å². The Balaban J connectivity index is 4.68. The first-order valence-electron chi connectivity index (χ1n) is 14.9. The fourth-order valence-electron chi connectivity index (χ4n) is 4.77. The highest BCUT2D eigenvalue weighted by molar-refractivity contribution is 6.42. The van der Waals surface area contributed by atoms with Crippen molar-refractivity contribution in [1.29, 1.82) is 0 Å². The van der Waals surface area contributed by atoms with Crippen molar-refractivity contribution in [3.05, 3.63) is 0 Å². The molecule has 0 amide bonds. The van der Waals surface area contributed by atoms with Crippen LogP contribution in [0.2, 0.25) is 0 Å². The van der Waals surface area contributed by atoms with Crippen LogP contribution in [0.15, 0.2) is 9.98 Å². The van der Waals surface area contributed by atoms with Crippen LogP contribution < -0.4 is 16.8 Å². The van der Waals surface area contributed by atoms with Gasteiger partial charge in [0.25, 0.3) is 0 Å². The molecule has 5 heteroatoms. The van der Waals surface area contributed by atoms with Gasteiger partial charge in [0, 0.05) is 19.1 Å². The lowest BCUT2D eigenvalue weighted by Gasteiger charge is -2.28. The molecule has 0 aromatic heterocycles. The largest absolute Gasteiger partial charge is 0.330 e. The number of nitrogens with zero attached hydrogens (tertiary/aromatic N) is 2. The van der Waals surface area contributed by atoms with Gasteiger partial charge in [0.2, 0.25) is 0 Å². The average Bonchev–Trinajstić information content (AvgIpc) is 2.84. The Labute approximate surface area is 213 Å². The third-order valence-corrected chi connectivity index (χ3v) is 6.62. The maximum Gasteiger partial charge on any atom is 0.0558 e. The van der Waals surface area contributed by atoms with Crippen molar-refractivity contribution >= 4 is 11.4 Å². The second kappa shape index (κ2) is 25.3. The van der Waals surface area contributed by atoms with E-state index in [0.29, 0.717) is 6.04 Å². The summed E-state index contributed by atoms with van der Waals surface area (Å²) in [6, 6.07) is 0.666. The van der Waals surface area contributed by atoms with Crippen LogP contribution >= 0.6 is 0 Å². The van der Waals surface area contributed by atoms with Crippen molar-refractivity contribution in [2.75, 3.05) is 32.7 Å². The van der Waals surface area contributed by atoms with Crippen LogP contribution in [0.4, 0.5) is 0 Å². The lowest BCUT2D eigenvalue weighted by molar-refractivity contribution is 0.288. The average molecular weight is 480 g/mol. The molecule has 2 unspecified atom stereocenters. The molecule has 5 nitrogen and oxygen atoms in total. The molecule has 34 heavy (non-hydrogen) atoms. The van der Waals surface area contributed by atoms with E-state index in [1.54, 1.807) is 0 Å². The van der Waals surface area contributed by atoms with E-state index >= 15 is 0 Å². The van der Waals surface area contributed by atoms with Crippen LogP contribution in [-0.2, 0) is 0 Å². The first-order chi connectivity index (χ1) is 16.7. The predicted molar refractivity (Wildman–Crippen MR) is 155 cm³/mol. The minimum Gasteiger partial charge on any atom is -0.330 e. The van der Waals surface area contributed by atoms with Gasteiger partial charge in [0.1, 0.15) is 0 Å². The summed E-state index contributed by atoms with van der Waals surface area (Å²) in [7, 11) is 0. The Hall–Kier alpha value is -0.780. The SMILES string of the molecule is CCCC(=NCCCCN)C(CCC)=NCCCCNC(CCC)C(CCC)CCCCCN. The van der Waals surface area contributed by atoms with Crippen molar-refractivity contribution in [2.24, 2.45) is 27.4 Å². The maximum atomic E-state index is 5.68. The standard InChI is InChI=1S/C29H61N5/c1-5-16-26(20-10-9-11-21-30)27(17-6-2)32-24-14-15-25-34-29(19-8-4)28(18-7-3)33-23-13-12-22-31/h26-27,32H,5-25,30-31H2,1-4H3. The summed E-state index contributed by atoms with van der Waals surface area (Å²) in [6.45, 7) is 13.7. The topological polar surface area (TPSA) is 88.8 Å². The van der Waals surface area contributed by atoms with E-state index in [9.17, 15) is 0 Å². The zero-order valence-corrected chi connectivity index (χ0v) is 23.6. The maximum absolute atomic E-state index is 5.68. The van der Waals surface area contributed by atoms with E-state index in [-0.39, 0.29) is 0 Å². The predicted octanol–water partition coefficient (Wildman–Crippen LogP) is 6.68. The van der Waals surface area contributed by atoms with E-state index in [2.05, 4.69) is 33.0 Å². The third-order valence-electron chi connectivity index (χ3n) is 6.62. The van der Waals surface area contributed by atoms with Gasteiger partial charge in [0.15, 0.2) is 0 Å². The first kappa shape index (κ1) is 33.2. The van der Waals surface area contributed by atoms with E-state index in [4.69, 9.17) is 21.5 Å². The molecular weight excluding hydrogens is 418 g/mol. The fourth-order valence-corrected chi connectivity index (χ4v) is 4.77. The molecule has 0 saturated heterocycles. The third kappa shape index (κ3) is 17.6. The monoisotopic (exact) mass is 479 g/mol. The van der Waals surface area contributed by atoms with Crippen molar-refractivity contribution in [3.8, 4) is 0 Å². The molecule has 202 valence electrons. The van der Waals surface area contributed by atoms with E-state index in [0.717, 1.165) is 83.6 Å². The Morgan fingerprint density at radius 1 is 0.618 bits per heavy atom. The molecule has 0 saturated carbocycles. The summed E-state index contributed by atoms with van der Waals surface area (Å²) >= 11 is 0. The molecule has 0 fully saturated rings. The molecule has 0 aliphatic carbocycles. The first-order valence-corrected chi connectivity index (χ1v) is 14.9. The van der Waals surface area contributed by atoms with Crippen molar-refractivity contribution in [2.45, 2.75) is 136 Å². The van der Waals surface area contributed by atoms with E-state index < -0.39 is 0 Å². The molecule has 0 bridgehead atoms. The summed E-state index contributed by atoms with van der Waals surface area (Å²) in [5.41, 5.74) is 13.8. The second-order valence-electron chi connectivity index (χ2n) is 9.90. The molecule has 5 N–H and O–H groups in total. The van der Waals surface area contributed by atoms with Crippen molar-refractivity contribution < 1.29 is 0 Å². The smallest absolute Gasteiger partial charge is 0.0558 e. The summed E-state index contributed by atoms with van der Waals surface area (Å²) < 4.78 is 0. The minimum atomic E-state index is 0.666. The van der Waals surface area contributed by atoms with Gasteiger partial charge in [-0.1, -0.05) is 66.2 Å². The van der Waals surface area contributed by atoms with Crippen LogP contribution in [0.3, 0.4) is 0 Å². The Bertz CT molecular complexity index is 489. The van der Waals surface area contributed by atoms with Gasteiger partial charge < -0.3 is 16.8 Å². The zero-order chi connectivity index (χ0) is 25.3. The Kier molecular flexibility index (Phi) is 24.7. The molecule has 0 radical (unpaired) electrons. The summed E-state index contributed by atoms with van der Waals surface area (Å²) in [5, 5.41) is 3.94. The molecule has 0 aromatic rings. The fraction of sp³-hybridized carbons (Fsp3) is 0.931. The highest BCUT2D eigenvalue weighted by atomic mass is 14.9. The number of unbranched alkanes of at least 4 members (excludes halogenated alkanes) is 4. The molecule has 2 atom stereocenters. The van der Waals surface area contributed by atoms with Crippen LogP contribution in [-0.4, -0.2) is 50.2 Å². The van der Waals surface area contributed by atoms with Crippen molar-refractivity contribution in [1.82, 2.24) is 5.32 Å². The second-order valence-corrected chi connectivity index (χ2v) is 9.90. The van der Waals surface area contributed by atoms with Gasteiger partial charge in [-0.15, -0.1) is 0 Å². The number of aliphatic imine (C=N–C) groups is 2. The van der Waals surface area contributed by atoms with Gasteiger partial charge in [-0.05, 0) is 89.8 Å². The van der Waals surface area contributed by atoms with E-state index in [1.807, 2.05) is 0 Å². The van der Waals surface area contributed by atoms with Crippen LogP contribution in [0, 0.1) is 5.92 Å². The highest BCUT2D eigenvalue weighted by Crippen LogP contribution is 2.22. The van der Waals surface area contributed by atoms with Crippen LogP contribution in [0.25, 0.3) is 0 Å². The number of hydrogen-bond donors (Lipinski definition) is 3. The molecule has 0 aromatic carbocycles. The number of rotatable bonds is 25. The Morgan fingerprint density at radius 2 is 1.18 bits per heavy atom. The number of nitrogens with one attached hydrogen (secondary N) is 1. The normalized spacial score (nSPS) is 14.5. The van der Waals surface area contributed by atoms with E-state index in [1.165, 1.54) is 69.2 Å².